The lowest BCUT2D eigenvalue weighted by molar-refractivity contribution is -0.202. The Morgan fingerprint density at radius 3 is 2.70 bits per heavy atom. The minimum absolute atomic E-state index is 0.102. The standard InChI is InChI=1S/C20H25F4N3O6/c1-3-26-16(10-32-17-6-4-5-7-31-17)25-27(19(26)30)14-9-15(33-11(2)20(22,23)24)12(18(28)29)8-13(14)21/h9,11,13,17H,3-8,10H2,1-2H3,(H,28,29)/t11-,13?,17?/m0/s1. The Hall–Kier alpha value is -2.67. The molecule has 1 aromatic heterocycles. The number of ether oxygens (including phenoxy) is 3. The number of rotatable bonds is 8. The number of allylic oxidation sites excluding steroid dienone is 2. The monoisotopic (exact) mass is 479 g/mol. The maximum atomic E-state index is 14.9. The van der Waals surface area contributed by atoms with Gasteiger partial charge < -0.3 is 19.3 Å². The Bertz CT molecular complexity index is 991. The second-order valence-corrected chi connectivity index (χ2v) is 7.65. The quantitative estimate of drug-likeness (QED) is 0.572. The van der Waals surface area contributed by atoms with Crippen LogP contribution in [-0.4, -0.2) is 56.8 Å². The van der Waals surface area contributed by atoms with E-state index in [0.717, 1.165) is 18.9 Å². The highest BCUT2D eigenvalue weighted by Gasteiger charge is 2.40. The fourth-order valence-electron chi connectivity index (χ4n) is 3.48. The van der Waals surface area contributed by atoms with E-state index in [4.69, 9.17) is 14.2 Å². The maximum absolute atomic E-state index is 14.9. The summed E-state index contributed by atoms with van der Waals surface area (Å²) in [5, 5.41) is 13.4. The molecule has 1 aliphatic carbocycles. The van der Waals surface area contributed by atoms with Crippen LogP contribution >= 0.6 is 0 Å². The van der Waals surface area contributed by atoms with Gasteiger partial charge in [-0.1, -0.05) is 0 Å². The Kier molecular flexibility index (Phi) is 7.62. The number of aromatic nitrogens is 3. The molecular formula is C20H25F4N3O6. The van der Waals surface area contributed by atoms with E-state index in [1.165, 1.54) is 4.57 Å². The smallest absolute Gasteiger partial charge is 0.425 e. The van der Waals surface area contributed by atoms with Gasteiger partial charge in [-0.05, 0) is 33.1 Å². The van der Waals surface area contributed by atoms with Gasteiger partial charge in [0.05, 0.1) is 11.3 Å². The normalized spacial score (nSPS) is 22.8. The summed E-state index contributed by atoms with van der Waals surface area (Å²) in [4.78, 5) is 24.3. The summed E-state index contributed by atoms with van der Waals surface area (Å²) in [6.07, 6.45) is -7.07. The highest BCUT2D eigenvalue weighted by Crippen LogP contribution is 2.33. The SMILES string of the molecule is CCn1c(COC2CCCCO2)nn(C2=CC(O[C@@H](C)C(F)(F)F)=C(C(=O)O)CC2F)c1=O. The molecule has 3 atom stereocenters. The molecule has 0 saturated carbocycles. The van der Waals surface area contributed by atoms with Gasteiger partial charge in [-0.25, -0.2) is 14.0 Å². The first-order valence-corrected chi connectivity index (χ1v) is 10.5. The van der Waals surface area contributed by atoms with E-state index in [9.17, 15) is 32.3 Å². The lowest BCUT2D eigenvalue weighted by Gasteiger charge is -2.24. The average Bonchev–Trinajstić information content (AvgIpc) is 3.08. The van der Waals surface area contributed by atoms with Crippen molar-refractivity contribution in [2.24, 2.45) is 0 Å². The molecule has 1 fully saturated rings. The van der Waals surface area contributed by atoms with Crippen LogP contribution in [0.15, 0.2) is 22.2 Å². The van der Waals surface area contributed by atoms with Crippen LogP contribution in [0.5, 0.6) is 0 Å². The topological polar surface area (TPSA) is 105 Å². The van der Waals surface area contributed by atoms with Crippen LogP contribution < -0.4 is 5.69 Å². The summed E-state index contributed by atoms with van der Waals surface area (Å²) in [6.45, 7) is 2.99. The molecule has 1 aromatic rings. The van der Waals surface area contributed by atoms with Crippen LogP contribution in [0.4, 0.5) is 17.6 Å². The number of halogens is 4. The zero-order chi connectivity index (χ0) is 24.3. The summed E-state index contributed by atoms with van der Waals surface area (Å²) in [7, 11) is 0. The van der Waals surface area contributed by atoms with Crippen molar-refractivity contribution in [3.63, 3.8) is 0 Å². The van der Waals surface area contributed by atoms with E-state index < -0.39 is 59.9 Å². The predicted molar refractivity (Wildman–Crippen MR) is 106 cm³/mol. The molecule has 1 aliphatic heterocycles. The van der Waals surface area contributed by atoms with Gasteiger partial charge in [0.2, 0.25) is 0 Å². The number of carboxylic acids is 1. The molecule has 1 N–H and O–H groups in total. The molecule has 2 aliphatic rings. The molecule has 0 spiro atoms. The number of hydrogen-bond acceptors (Lipinski definition) is 6. The van der Waals surface area contributed by atoms with Gasteiger partial charge in [-0.2, -0.15) is 17.9 Å². The van der Waals surface area contributed by atoms with Gasteiger partial charge in [-0.3, -0.25) is 4.57 Å². The molecule has 13 heteroatoms. The van der Waals surface area contributed by atoms with Crippen molar-refractivity contribution in [2.75, 3.05) is 6.61 Å². The van der Waals surface area contributed by atoms with Crippen molar-refractivity contribution < 1.29 is 41.7 Å². The molecular weight excluding hydrogens is 454 g/mol. The molecule has 1 saturated heterocycles. The third-order valence-electron chi connectivity index (χ3n) is 5.34. The molecule has 0 radical (unpaired) electrons. The number of carboxylic acid groups (broad SMARTS) is 1. The highest BCUT2D eigenvalue weighted by atomic mass is 19.4. The summed E-state index contributed by atoms with van der Waals surface area (Å²) in [6, 6.07) is 0. The fraction of sp³-hybridized carbons (Fsp3) is 0.650. The third-order valence-corrected chi connectivity index (χ3v) is 5.34. The van der Waals surface area contributed by atoms with Gasteiger partial charge in [0.15, 0.2) is 18.2 Å². The number of carbonyl (C=O) groups is 1. The highest BCUT2D eigenvalue weighted by molar-refractivity contribution is 5.89. The Labute approximate surface area is 186 Å². The minimum atomic E-state index is -4.77. The van der Waals surface area contributed by atoms with Gasteiger partial charge in [0.25, 0.3) is 0 Å². The van der Waals surface area contributed by atoms with E-state index in [2.05, 4.69) is 5.10 Å². The minimum Gasteiger partial charge on any atom is -0.481 e. The number of alkyl halides is 4. The first kappa shape index (κ1) is 25.0. The van der Waals surface area contributed by atoms with E-state index in [1.54, 1.807) is 6.92 Å². The summed E-state index contributed by atoms with van der Waals surface area (Å²) >= 11 is 0. The van der Waals surface area contributed by atoms with Crippen LogP contribution in [0.3, 0.4) is 0 Å². The van der Waals surface area contributed by atoms with Gasteiger partial charge >= 0.3 is 17.8 Å². The third kappa shape index (κ3) is 5.64. The molecule has 2 unspecified atom stereocenters. The molecule has 0 amide bonds. The number of nitrogens with zero attached hydrogens (tertiary/aromatic N) is 3. The van der Waals surface area contributed by atoms with Gasteiger partial charge in [0.1, 0.15) is 18.5 Å². The van der Waals surface area contributed by atoms with Crippen molar-refractivity contribution in [1.82, 2.24) is 14.3 Å². The number of aliphatic carboxylic acids is 1. The maximum Gasteiger partial charge on any atom is 0.425 e. The van der Waals surface area contributed by atoms with Crippen LogP contribution in [0.2, 0.25) is 0 Å². The summed E-state index contributed by atoms with van der Waals surface area (Å²) < 4.78 is 71.6. The molecule has 33 heavy (non-hydrogen) atoms. The fourth-order valence-corrected chi connectivity index (χ4v) is 3.48. The van der Waals surface area contributed by atoms with Crippen LogP contribution in [0.1, 0.15) is 45.4 Å². The van der Waals surface area contributed by atoms with E-state index in [-0.39, 0.29) is 19.0 Å². The molecule has 184 valence electrons. The number of hydrogen-bond donors (Lipinski definition) is 1. The second-order valence-electron chi connectivity index (χ2n) is 7.65. The largest absolute Gasteiger partial charge is 0.481 e. The molecule has 0 bridgehead atoms. The Morgan fingerprint density at radius 2 is 2.12 bits per heavy atom. The van der Waals surface area contributed by atoms with Crippen molar-refractivity contribution in [3.8, 4) is 0 Å². The predicted octanol–water partition coefficient (Wildman–Crippen LogP) is 3.00. The molecule has 2 heterocycles. The van der Waals surface area contributed by atoms with E-state index >= 15 is 0 Å². The van der Waals surface area contributed by atoms with Crippen molar-refractivity contribution in [1.29, 1.82) is 0 Å². The summed E-state index contributed by atoms with van der Waals surface area (Å²) in [5.74, 6) is -2.13. The van der Waals surface area contributed by atoms with Crippen molar-refractivity contribution in [3.05, 3.63) is 33.7 Å². The van der Waals surface area contributed by atoms with Crippen LogP contribution in [0.25, 0.3) is 5.70 Å². The lowest BCUT2D eigenvalue weighted by atomic mass is 9.99. The second kappa shape index (κ2) is 10.1. The first-order valence-electron chi connectivity index (χ1n) is 10.5. The van der Waals surface area contributed by atoms with Crippen LogP contribution in [-0.2, 0) is 32.2 Å². The summed E-state index contributed by atoms with van der Waals surface area (Å²) in [5.41, 5.74) is -1.82. The zero-order valence-corrected chi connectivity index (χ0v) is 18.1. The van der Waals surface area contributed by atoms with Crippen LogP contribution in [0, 0.1) is 0 Å². The Balaban J connectivity index is 1.94. The van der Waals surface area contributed by atoms with E-state index in [1.807, 2.05) is 0 Å². The molecule has 3 rings (SSSR count). The Morgan fingerprint density at radius 1 is 1.39 bits per heavy atom. The van der Waals surface area contributed by atoms with Crippen molar-refractivity contribution >= 4 is 11.7 Å². The van der Waals surface area contributed by atoms with Crippen molar-refractivity contribution in [2.45, 2.75) is 77.4 Å². The lowest BCUT2D eigenvalue weighted by Crippen LogP contribution is -2.32. The van der Waals surface area contributed by atoms with Gasteiger partial charge in [0, 0.05) is 25.6 Å². The first-order chi connectivity index (χ1) is 15.5. The zero-order valence-electron chi connectivity index (χ0n) is 18.1. The van der Waals surface area contributed by atoms with E-state index in [0.29, 0.717) is 24.6 Å². The average molecular weight is 479 g/mol. The molecule has 9 nitrogen and oxygen atoms in total. The molecule has 0 aromatic carbocycles. The van der Waals surface area contributed by atoms with Gasteiger partial charge in [-0.15, -0.1) is 5.10 Å².